The molecule has 26 heavy (non-hydrogen) atoms. The highest BCUT2D eigenvalue weighted by Crippen LogP contribution is 2.13. The van der Waals surface area contributed by atoms with E-state index in [2.05, 4.69) is 10.3 Å². The first-order valence-electron chi connectivity index (χ1n) is 8.64. The molecule has 8 nitrogen and oxygen atoms in total. The number of rotatable bonds is 4. The summed E-state index contributed by atoms with van der Waals surface area (Å²) in [7, 11) is 0. The van der Waals surface area contributed by atoms with Gasteiger partial charge in [0.05, 0.1) is 25.0 Å². The van der Waals surface area contributed by atoms with Crippen molar-refractivity contribution in [3.63, 3.8) is 0 Å². The fourth-order valence-corrected chi connectivity index (χ4v) is 2.87. The molecule has 1 N–H and O–H groups in total. The molecule has 0 unspecified atom stereocenters. The number of hydrogen-bond donors (Lipinski definition) is 1. The van der Waals surface area contributed by atoms with Gasteiger partial charge in [0.2, 0.25) is 5.91 Å². The fraction of sp³-hybridized carbons (Fsp3) is 0.444. The Morgan fingerprint density at radius 1 is 1.31 bits per heavy atom. The molecule has 0 radical (unpaired) electrons. The molecule has 138 valence electrons. The number of carbonyl (C=O) groups excluding carboxylic acids is 2. The molecule has 1 fully saturated rings. The van der Waals surface area contributed by atoms with E-state index in [1.807, 2.05) is 13.8 Å². The Balaban J connectivity index is 1.93. The van der Waals surface area contributed by atoms with Gasteiger partial charge in [-0.25, -0.2) is 4.98 Å². The number of amides is 2. The van der Waals surface area contributed by atoms with Crippen molar-refractivity contribution in [3.8, 4) is 0 Å². The first kappa shape index (κ1) is 18.1. The Hall–Kier alpha value is -2.74. The molecule has 0 atom stereocenters. The lowest BCUT2D eigenvalue weighted by Crippen LogP contribution is -2.41. The quantitative estimate of drug-likeness (QED) is 0.885. The van der Waals surface area contributed by atoms with Crippen LogP contribution >= 0.6 is 0 Å². The highest BCUT2D eigenvalue weighted by Gasteiger charge is 2.22. The number of nitrogens with one attached hydrogen (secondary N) is 1. The number of pyridine rings is 1. The Morgan fingerprint density at radius 3 is 2.73 bits per heavy atom. The zero-order valence-corrected chi connectivity index (χ0v) is 14.9. The summed E-state index contributed by atoms with van der Waals surface area (Å²) in [6.07, 6.45) is 3.17. The maximum atomic E-state index is 12.8. The second-order valence-corrected chi connectivity index (χ2v) is 6.64. The van der Waals surface area contributed by atoms with Gasteiger partial charge in [-0.2, -0.15) is 0 Å². The smallest absolute Gasteiger partial charge is 0.281 e. The summed E-state index contributed by atoms with van der Waals surface area (Å²) >= 11 is 0. The van der Waals surface area contributed by atoms with Crippen LogP contribution in [-0.4, -0.2) is 52.4 Å². The zero-order chi connectivity index (χ0) is 18.7. The van der Waals surface area contributed by atoms with Crippen molar-refractivity contribution in [2.24, 2.45) is 5.92 Å². The van der Waals surface area contributed by atoms with Gasteiger partial charge in [0, 0.05) is 25.7 Å². The normalized spacial score (nSPS) is 14.7. The van der Waals surface area contributed by atoms with E-state index < -0.39 is 5.56 Å². The molecular formula is C18H22N4O4. The molecule has 8 heteroatoms. The molecule has 0 aliphatic carbocycles. The van der Waals surface area contributed by atoms with E-state index >= 15 is 0 Å². The summed E-state index contributed by atoms with van der Waals surface area (Å²) in [5.74, 6) is -0.238. The number of carbonyl (C=O) groups is 2. The molecule has 2 amide bonds. The average molecular weight is 358 g/mol. The van der Waals surface area contributed by atoms with E-state index in [0.717, 1.165) is 0 Å². The number of morpholine rings is 1. The van der Waals surface area contributed by atoms with Crippen LogP contribution in [0.1, 0.15) is 30.6 Å². The monoisotopic (exact) mass is 358 g/mol. The summed E-state index contributed by atoms with van der Waals surface area (Å²) in [6, 6.07) is 3.28. The first-order valence-corrected chi connectivity index (χ1v) is 8.64. The van der Waals surface area contributed by atoms with E-state index in [9.17, 15) is 14.4 Å². The zero-order valence-electron chi connectivity index (χ0n) is 14.9. The van der Waals surface area contributed by atoms with E-state index in [1.165, 1.54) is 10.6 Å². The third-order valence-electron chi connectivity index (χ3n) is 4.13. The van der Waals surface area contributed by atoms with Gasteiger partial charge in [0.1, 0.15) is 5.69 Å². The van der Waals surface area contributed by atoms with Crippen LogP contribution in [0.15, 0.2) is 29.3 Å². The Bertz CT molecular complexity index is 884. The number of fused-ring (bicyclic) bond motifs is 1. The van der Waals surface area contributed by atoms with E-state index in [4.69, 9.17) is 4.74 Å². The van der Waals surface area contributed by atoms with Crippen molar-refractivity contribution in [1.82, 2.24) is 14.3 Å². The molecule has 1 aliphatic heterocycles. The lowest BCUT2D eigenvalue weighted by Gasteiger charge is -2.27. The van der Waals surface area contributed by atoms with Crippen LogP contribution in [0.5, 0.6) is 0 Å². The molecule has 0 bridgehead atoms. The summed E-state index contributed by atoms with van der Waals surface area (Å²) in [4.78, 5) is 43.3. The Kier molecular flexibility index (Phi) is 5.32. The maximum Gasteiger partial charge on any atom is 0.281 e. The standard InChI is InChI=1S/C18H22N4O4/c1-12(2)10-15(23)20-14-11-19-16-13(4-3-5-22(16)18(14)25)17(24)21-6-8-26-9-7-21/h3-5,11-12H,6-10H2,1-2H3,(H,20,23). The van der Waals surface area contributed by atoms with Gasteiger partial charge in [-0.05, 0) is 18.1 Å². The number of hydrogen-bond acceptors (Lipinski definition) is 5. The number of nitrogens with zero attached hydrogens (tertiary/aromatic N) is 3. The minimum atomic E-state index is -0.413. The molecule has 1 aliphatic rings. The lowest BCUT2D eigenvalue weighted by atomic mass is 10.1. The van der Waals surface area contributed by atoms with Crippen LogP contribution in [0.4, 0.5) is 5.69 Å². The summed E-state index contributed by atoms with van der Waals surface area (Å²) in [6.45, 7) is 5.86. The fourth-order valence-electron chi connectivity index (χ4n) is 2.87. The summed E-state index contributed by atoms with van der Waals surface area (Å²) in [5.41, 5.74) is 0.315. The number of ether oxygens (including phenoxy) is 1. The first-order chi connectivity index (χ1) is 12.5. The van der Waals surface area contributed by atoms with E-state index in [1.54, 1.807) is 23.2 Å². The van der Waals surface area contributed by atoms with Crippen molar-refractivity contribution in [2.75, 3.05) is 31.6 Å². The van der Waals surface area contributed by atoms with Gasteiger partial charge in [0.15, 0.2) is 5.65 Å². The molecule has 0 saturated carbocycles. The van der Waals surface area contributed by atoms with Crippen LogP contribution in [0, 0.1) is 5.92 Å². The Morgan fingerprint density at radius 2 is 2.04 bits per heavy atom. The summed E-state index contributed by atoms with van der Waals surface area (Å²) < 4.78 is 6.56. The Labute approximate surface area is 150 Å². The van der Waals surface area contributed by atoms with Gasteiger partial charge in [-0.1, -0.05) is 13.8 Å². The number of aromatic nitrogens is 2. The minimum absolute atomic E-state index is 0.101. The van der Waals surface area contributed by atoms with Crippen molar-refractivity contribution < 1.29 is 14.3 Å². The predicted octanol–water partition coefficient (Wildman–Crippen LogP) is 1.15. The average Bonchev–Trinajstić information content (AvgIpc) is 2.63. The van der Waals surface area contributed by atoms with Crippen molar-refractivity contribution >= 4 is 23.1 Å². The molecule has 3 heterocycles. The van der Waals surface area contributed by atoms with Crippen molar-refractivity contribution in [1.29, 1.82) is 0 Å². The van der Waals surface area contributed by atoms with E-state index in [0.29, 0.717) is 38.3 Å². The molecule has 0 aromatic carbocycles. The maximum absolute atomic E-state index is 12.8. The van der Waals surface area contributed by atoms with Gasteiger partial charge in [0.25, 0.3) is 11.5 Å². The largest absolute Gasteiger partial charge is 0.378 e. The van der Waals surface area contributed by atoms with Gasteiger partial charge >= 0.3 is 0 Å². The van der Waals surface area contributed by atoms with Crippen LogP contribution < -0.4 is 10.9 Å². The summed E-state index contributed by atoms with van der Waals surface area (Å²) in [5, 5.41) is 2.60. The lowest BCUT2D eigenvalue weighted by molar-refractivity contribution is -0.116. The van der Waals surface area contributed by atoms with Gasteiger partial charge < -0.3 is 15.0 Å². The number of anilines is 1. The van der Waals surface area contributed by atoms with E-state index in [-0.39, 0.29) is 29.1 Å². The third-order valence-corrected chi connectivity index (χ3v) is 4.13. The van der Waals surface area contributed by atoms with Crippen molar-refractivity contribution in [3.05, 3.63) is 40.4 Å². The highest BCUT2D eigenvalue weighted by atomic mass is 16.5. The molecule has 3 rings (SSSR count). The van der Waals surface area contributed by atoms with Crippen LogP contribution in [0.2, 0.25) is 0 Å². The molecule has 1 saturated heterocycles. The molecule has 2 aromatic rings. The minimum Gasteiger partial charge on any atom is -0.378 e. The van der Waals surface area contributed by atoms with Crippen LogP contribution in [-0.2, 0) is 9.53 Å². The topological polar surface area (TPSA) is 93.0 Å². The van der Waals surface area contributed by atoms with Gasteiger partial charge in [-0.3, -0.25) is 18.8 Å². The molecule has 0 spiro atoms. The van der Waals surface area contributed by atoms with Gasteiger partial charge in [-0.15, -0.1) is 0 Å². The van der Waals surface area contributed by atoms with Crippen molar-refractivity contribution in [2.45, 2.75) is 20.3 Å². The van der Waals surface area contributed by atoms with Crippen LogP contribution in [0.25, 0.3) is 5.65 Å². The molecule has 2 aromatic heterocycles. The highest BCUT2D eigenvalue weighted by molar-refractivity contribution is 6.00. The second kappa shape index (κ2) is 7.65. The second-order valence-electron chi connectivity index (χ2n) is 6.64. The third kappa shape index (κ3) is 3.75. The predicted molar refractivity (Wildman–Crippen MR) is 96.3 cm³/mol. The van der Waals surface area contributed by atoms with Crippen LogP contribution in [0.3, 0.4) is 0 Å². The molecular weight excluding hydrogens is 336 g/mol. The SMILES string of the molecule is CC(C)CC(=O)Nc1cnc2c(C(=O)N3CCOCC3)cccn2c1=O.